The molecule has 7 nitrogen and oxygen atoms in total. The van der Waals surface area contributed by atoms with E-state index < -0.39 is 24.0 Å². The minimum Gasteiger partial charge on any atom is -0.496 e. The van der Waals surface area contributed by atoms with Crippen LogP contribution in [-0.2, 0) is 9.53 Å². The molecule has 26 heavy (non-hydrogen) atoms. The van der Waals surface area contributed by atoms with Crippen molar-refractivity contribution in [1.82, 2.24) is 10.6 Å². The fourth-order valence-electron chi connectivity index (χ4n) is 2.80. The summed E-state index contributed by atoms with van der Waals surface area (Å²) in [6, 6.07) is 3.99. The van der Waals surface area contributed by atoms with Crippen molar-refractivity contribution in [1.29, 1.82) is 0 Å². The second kappa shape index (κ2) is 9.43. The minimum atomic E-state index is -1.15. The van der Waals surface area contributed by atoms with Gasteiger partial charge in [-0.2, -0.15) is 0 Å². The van der Waals surface area contributed by atoms with Crippen LogP contribution in [0.3, 0.4) is 0 Å². The summed E-state index contributed by atoms with van der Waals surface area (Å²) in [4.78, 5) is 36.2. The molecule has 2 rings (SSSR count). The average Bonchev–Trinajstić information content (AvgIpc) is 2.62. The number of ether oxygens (including phenoxy) is 2. The van der Waals surface area contributed by atoms with E-state index in [-0.39, 0.29) is 17.4 Å². The zero-order valence-corrected chi connectivity index (χ0v) is 15.6. The van der Waals surface area contributed by atoms with E-state index in [4.69, 9.17) is 21.1 Å². The number of halogens is 1. The fourth-order valence-corrected chi connectivity index (χ4v) is 2.97. The molecule has 0 radical (unpaired) electrons. The van der Waals surface area contributed by atoms with Crippen molar-refractivity contribution in [3.63, 3.8) is 0 Å². The van der Waals surface area contributed by atoms with E-state index >= 15 is 0 Å². The van der Waals surface area contributed by atoms with Gasteiger partial charge in [-0.25, -0.2) is 9.59 Å². The Labute approximate surface area is 157 Å². The van der Waals surface area contributed by atoms with Crippen LogP contribution in [0.2, 0.25) is 5.02 Å². The Bertz CT molecular complexity index is 674. The third-order valence-corrected chi connectivity index (χ3v) is 4.45. The number of methoxy groups -OCH3 is 1. The second-order valence-corrected chi connectivity index (χ2v) is 6.63. The van der Waals surface area contributed by atoms with Gasteiger partial charge in [0.25, 0.3) is 5.91 Å². The minimum absolute atomic E-state index is 0.0742. The van der Waals surface area contributed by atoms with Crippen molar-refractivity contribution in [2.24, 2.45) is 0 Å². The largest absolute Gasteiger partial charge is 0.496 e. The number of imide groups is 1. The molecule has 1 aromatic carbocycles. The quantitative estimate of drug-likeness (QED) is 0.763. The highest BCUT2D eigenvalue weighted by Crippen LogP contribution is 2.23. The molecule has 1 aromatic rings. The van der Waals surface area contributed by atoms with E-state index in [1.54, 1.807) is 6.07 Å². The molecule has 1 aliphatic rings. The van der Waals surface area contributed by atoms with E-state index in [9.17, 15) is 14.4 Å². The van der Waals surface area contributed by atoms with Crippen molar-refractivity contribution in [2.75, 3.05) is 7.11 Å². The zero-order valence-electron chi connectivity index (χ0n) is 14.8. The molecule has 0 heterocycles. The maximum atomic E-state index is 12.3. The van der Waals surface area contributed by atoms with Crippen LogP contribution in [-0.4, -0.2) is 37.2 Å². The summed E-state index contributed by atoms with van der Waals surface area (Å²) in [6.07, 6.45) is 3.95. The topological polar surface area (TPSA) is 93.7 Å². The van der Waals surface area contributed by atoms with Gasteiger partial charge in [0.15, 0.2) is 6.10 Å². The lowest BCUT2D eigenvalue weighted by atomic mass is 9.96. The number of carbonyl (C=O) groups is 3. The number of hydrogen-bond donors (Lipinski definition) is 2. The lowest BCUT2D eigenvalue weighted by molar-refractivity contribution is -0.127. The SMILES string of the molecule is COc1ccc(Cl)cc1C(=O)O[C@H](C)C(=O)NC(=O)NC1CCCCC1. The maximum Gasteiger partial charge on any atom is 0.342 e. The Hall–Kier alpha value is -2.28. The van der Waals surface area contributed by atoms with Crippen LogP contribution in [0.5, 0.6) is 5.75 Å². The Morgan fingerprint density at radius 1 is 1.19 bits per heavy atom. The first-order valence-corrected chi connectivity index (χ1v) is 8.94. The third kappa shape index (κ3) is 5.62. The van der Waals surface area contributed by atoms with Gasteiger partial charge in [-0.15, -0.1) is 0 Å². The van der Waals surface area contributed by atoms with Gasteiger partial charge in [-0.3, -0.25) is 10.1 Å². The lowest BCUT2D eigenvalue weighted by Gasteiger charge is -2.23. The smallest absolute Gasteiger partial charge is 0.342 e. The van der Waals surface area contributed by atoms with Crippen molar-refractivity contribution in [3.05, 3.63) is 28.8 Å². The van der Waals surface area contributed by atoms with Crippen molar-refractivity contribution < 1.29 is 23.9 Å². The number of amides is 3. The summed E-state index contributed by atoms with van der Waals surface area (Å²) in [7, 11) is 1.41. The first kappa shape index (κ1) is 20.0. The van der Waals surface area contributed by atoms with Gasteiger partial charge < -0.3 is 14.8 Å². The van der Waals surface area contributed by atoms with E-state index in [0.29, 0.717) is 5.02 Å². The molecule has 2 N–H and O–H groups in total. The van der Waals surface area contributed by atoms with Gasteiger partial charge in [-0.05, 0) is 38.0 Å². The Kier molecular flexibility index (Phi) is 7.26. The fraction of sp³-hybridized carbons (Fsp3) is 0.500. The molecule has 0 spiro atoms. The monoisotopic (exact) mass is 382 g/mol. The highest BCUT2D eigenvalue weighted by atomic mass is 35.5. The number of benzene rings is 1. The molecule has 0 unspecified atom stereocenters. The second-order valence-electron chi connectivity index (χ2n) is 6.19. The lowest BCUT2D eigenvalue weighted by Crippen LogP contribution is -2.48. The van der Waals surface area contributed by atoms with Crippen LogP contribution in [0.4, 0.5) is 4.79 Å². The summed E-state index contributed by atoms with van der Waals surface area (Å²) in [5.41, 5.74) is 0.103. The predicted octanol–water partition coefficient (Wildman–Crippen LogP) is 3.05. The van der Waals surface area contributed by atoms with Crippen LogP contribution >= 0.6 is 11.6 Å². The van der Waals surface area contributed by atoms with Gasteiger partial charge >= 0.3 is 12.0 Å². The molecule has 0 aromatic heterocycles. The highest BCUT2D eigenvalue weighted by molar-refractivity contribution is 6.31. The standard InChI is InChI=1S/C18H23ClN2O5/c1-11(16(22)21-18(24)20-13-6-4-3-5-7-13)26-17(23)14-10-12(19)8-9-15(14)25-2/h8-11,13H,3-7H2,1-2H3,(H2,20,21,22,24)/t11-/m1/s1. The van der Waals surface area contributed by atoms with Gasteiger partial charge in [0.05, 0.1) is 7.11 Å². The third-order valence-electron chi connectivity index (χ3n) is 4.21. The Morgan fingerprint density at radius 3 is 2.54 bits per heavy atom. The molecule has 0 saturated heterocycles. The van der Waals surface area contributed by atoms with Crippen molar-refractivity contribution >= 4 is 29.5 Å². The molecule has 1 saturated carbocycles. The summed E-state index contributed by atoms with van der Waals surface area (Å²) < 4.78 is 10.2. The number of hydrogen-bond acceptors (Lipinski definition) is 5. The summed E-state index contributed by atoms with van der Waals surface area (Å²) >= 11 is 5.88. The first-order chi connectivity index (χ1) is 12.4. The summed E-state index contributed by atoms with van der Waals surface area (Å²) in [6.45, 7) is 1.39. The normalized spacial score (nSPS) is 15.7. The van der Waals surface area contributed by atoms with Crippen molar-refractivity contribution in [3.8, 4) is 5.75 Å². The Morgan fingerprint density at radius 2 is 1.88 bits per heavy atom. The number of esters is 1. The molecule has 0 bridgehead atoms. The molecular formula is C18H23ClN2O5. The zero-order chi connectivity index (χ0) is 19.1. The van der Waals surface area contributed by atoms with E-state index in [1.165, 1.54) is 32.6 Å². The molecule has 8 heteroatoms. The summed E-state index contributed by atoms with van der Waals surface area (Å²) in [5, 5.41) is 5.30. The number of rotatable bonds is 5. The van der Waals surface area contributed by atoms with Gasteiger partial charge in [0.2, 0.25) is 0 Å². The van der Waals surface area contributed by atoms with E-state index in [1.807, 2.05) is 0 Å². The van der Waals surface area contributed by atoms with Gasteiger partial charge in [0.1, 0.15) is 11.3 Å². The molecule has 1 fully saturated rings. The van der Waals surface area contributed by atoms with Gasteiger partial charge in [-0.1, -0.05) is 30.9 Å². The number of nitrogens with one attached hydrogen (secondary N) is 2. The highest BCUT2D eigenvalue weighted by Gasteiger charge is 2.24. The van der Waals surface area contributed by atoms with E-state index in [0.717, 1.165) is 25.7 Å². The van der Waals surface area contributed by atoms with Crippen LogP contribution in [0.1, 0.15) is 49.4 Å². The molecular weight excluding hydrogens is 360 g/mol. The molecule has 1 aliphatic carbocycles. The maximum absolute atomic E-state index is 12.3. The first-order valence-electron chi connectivity index (χ1n) is 8.56. The van der Waals surface area contributed by atoms with Crippen LogP contribution < -0.4 is 15.4 Å². The van der Waals surface area contributed by atoms with Crippen LogP contribution in [0.25, 0.3) is 0 Å². The molecule has 1 atom stereocenters. The molecule has 0 aliphatic heterocycles. The molecule has 142 valence electrons. The summed E-state index contributed by atoms with van der Waals surface area (Å²) in [5.74, 6) is -1.19. The van der Waals surface area contributed by atoms with Crippen LogP contribution in [0.15, 0.2) is 18.2 Å². The number of urea groups is 1. The predicted molar refractivity (Wildman–Crippen MR) is 96.4 cm³/mol. The molecule has 3 amide bonds. The van der Waals surface area contributed by atoms with Crippen molar-refractivity contribution in [2.45, 2.75) is 51.2 Å². The average molecular weight is 383 g/mol. The Balaban J connectivity index is 1.88. The van der Waals surface area contributed by atoms with Gasteiger partial charge in [0, 0.05) is 11.1 Å². The number of carbonyl (C=O) groups excluding carboxylic acids is 3. The van der Waals surface area contributed by atoms with Crippen LogP contribution in [0, 0.1) is 0 Å². The van der Waals surface area contributed by atoms with E-state index in [2.05, 4.69) is 10.6 Å².